The number of hydrogen-bond donors (Lipinski definition) is 1. The molecule has 1 radical (unpaired) electrons. The minimum Gasteiger partial charge on any atom is -0.536 e. The number of hydrogen-bond acceptors (Lipinski definition) is 2. The molecule has 5 heteroatoms. The van der Waals surface area contributed by atoms with Gasteiger partial charge < -0.3 is 18.8 Å². The fourth-order valence-electron chi connectivity index (χ4n) is 4.10. The molecule has 5 aromatic carbocycles. The van der Waals surface area contributed by atoms with Crippen LogP contribution in [0, 0.1) is 0 Å². The van der Waals surface area contributed by atoms with Crippen molar-refractivity contribution >= 4 is 51.3 Å². The van der Waals surface area contributed by atoms with Gasteiger partial charge in [0.25, 0.3) is 0 Å². The predicted octanol–water partition coefficient (Wildman–Crippen LogP) is 6.79. The van der Waals surface area contributed by atoms with Crippen LogP contribution in [-0.4, -0.2) is 21.8 Å². The molecule has 0 unspecified atom stereocenters. The summed E-state index contributed by atoms with van der Waals surface area (Å²) in [5, 5.41) is 8.19. The molecular formula is C30H20BN2O2. The molecule has 1 N–H and O–H groups in total. The maximum Gasteiger partial charge on any atom is 0.569 e. The van der Waals surface area contributed by atoms with Crippen molar-refractivity contribution in [2.24, 2.45) is 0 Å². The maximum atomic E-state index is 9.97. The molecule has 165 valence electrons. The smallest absolute Gasteiger partial charge is 0.536 e. The Morgan fingerprint density at radius 1 is 0.571 bits per heavy atom. The molecular weight excluding hydrogens is 431 g/mol. The van der Waals surface area contributed by atoms with Gasteiger partial charge in [-0.3, -0.25) is 0 Å². The topological polar surface area (TPSA) is 39.3 Å². The highest BCUT2D eigenvalue weighted by atomic mass is 16.5. The lowest BCUT2D eigenvalue weighted by Gasteiger charge is -2.15. The Kier molecular flexibility index (Phi) is 1.92. The third-order valence-electron chi connectivity index (χ3n) is 5.43. The second-order valence-electron chi connectivity index (χ2n) is 7.19. The summed E-state index contributed by atoms with van der Waals surface area (Å²) in [5.74, 6) is -0.791. The summed E-state index contributed by atoms with van der Waals surface area (Å²) in [4.78, 5) is 0. The number of fused-ring (bicyclic) bond motifs is 6. The summed E-state index contributed by atoms with van der Waals surface area (Å²) >= 11 is 0. The Hall–Kier alpha value is -4.48. The predicted molar refractivity (Wildman–Crippen MR) is 144 cm³/mol. The van der Waals surface area contributed by atoms with E-state index in [2.05, 4.69) is 0 Å². The van der Waals surface area contributed by atoms with E-state index >= 15 is 0 Å². The lowest BCUT2D eigenvalue weighted by Crippen LogP contribution is -2.05. The van der Waals surface area contributed by atoms with Crippen molar-refractivity contribution in [2.75, 3.05) is 0 Å². The van der Waals surface area contributed by atoms with Gasteiger partial charge in [0.05, 0.1) is 53.8 Å². The van der Waals surface area contributed by atoms with E-state index in [1.165, 1.54) is 0 Å². The van der Waals surface area contributed by atoms with Crippen molar-refractivity contribution in [1.82, 2.24) is 9.13 Å². The molecule has 0 aliphatic carbocycles. The molecule has 0 aliphatic rings. The first-order valence-corrected chi connectivity index (χ1v) is 10.0. The van der Waals surface area contributed by atoms with Crippen LogP contribution in [-0.2, 0) is 0 Å². The zero-order chi connectivity index (χ0) is 39.9. The number of para-hydroxylation sites is 4. The van der Waals surface area contributed by atoms with E-state index in [1.54, 1.807) is 0 Å². The fourth-order valence-corrected chi connectivity index (χ4v) is 4.10. The van der Waals surface area contributed by atoms with E-state index in [0.717, 1.165) is 9.13 Å². The lowest BCUT2D eigenvalue weighted by atomic mass is 10.1. The van der Waals surface area contributed by atoms with Crippen LogP contribution in [0.4, 0.5) is 0 Å². The van der Waals surface area contributed by atoms with Gasteiger partial charge in [-0.15, -0.1) is 0 Å². The van der Waals surface area contributed by atoms with Crippen molar-refractivity contribution in [3.8, 4) is 17.1 Å². The molecule has 0 amide bonds. The van der Waals surface area contributed by atoms with Gasteiger partial charge in [0, 0.05) is 27.2 Å². The first-order chi connectivity index (χ1) is 25.3. The van der Waals surface area contributed by atoms with Gasteiger partial charge in [-0.1, -0.05) is 72.5 Å². The molecule has 0 atom stereocenters. The molecule has 0 saturated heterocycles. The first kappa shape index (κ1) is 8.63. The van der Waals surface area contributed by atoms with Crippen molar-refractivity contribution in [3.63, 3.8) is 0 Å². The van der Waals surface area contributed by atoms with Crippen LogP contribution in [0.5, 0.6) is 5.75 Å². The van der Waals surface area contributed by atoms with E-state index in [0.29, 0.717) is 0 Å². The van der Waals surface area contributed by atoms with Crippen LogP contribution in [0.2, 0.25) is 0 Å². The first-order valence-electron chi connectivity index (χ1n) is 19.5. The second kappa shape index (κ2) is 7.79. The fraction of sp³-hybridized carbons (Fsp3) is 0. The molecule has 4 nitrogen and oxygen atoms in total. The van der Waals surface area contributed by atoms with Crippen LogP contribution in [0.25, 0.3) is 55.0 Å². The molecule has 0 bridgehead atoms. The van der Waals surface area contributed by atoms with Gasteiger partial charge in [-0.2, -0.15) is 0 Å². The quantitative estimate of drug-likeness (QED) is 0.288. The maximum absolute atomic E-state index is 9.97. The summed E-state index contributed by atoms with van der Waals surface area (Å²) in [6.07, 6.45) is 0. The average molecular weight is 470 g/mol. The van der Waals surface area contributed by atoms with Gasteiger partial charge in [0.2, 0.25) is 0 Å². The normalized spacial score (nSPS) is 19.2. The number of aromatic nitrogens is 2. The number of rotatable bonds is 4. The molecule has 35 heavy (non-hydrogen) atoms. The van der Waals surface area contributed by atoms with E-state index in [4.69, 9.17) is 28.0 Å². The zero-order valence-corrected chi connectivity index (χ0v) is 17.3. The van der Waals surface area contributed by atoms with Crippen LogP contribution in [0.3, 0.4) is 0 Å². The number of benzene rings is 5. The SMILES string of the molecule is [2H]c1c([2H])c([2H])c(-n2c3c([2H])c([2H])c([2H])c([2H])c3c3c([2H])c(O[B]O)c(-n4c5c([2H])c([2H])c([2H])c([2H])c5c5c([2H])c([2H])c([2H])c([2H])c54)c([2H])c32)c([2H])c1[2H]. The van der Waals surface area contributed by atoms with E-state index in [1.807, 2.05) is 0 Å². The van der Waals surface area contributed by atoms with Gasteiger partial charge in [0.1, 0.15) is 5.75 Å². The highest BCUT2D eigenvalue weighted by molar-refractivity contribution is 6.18. The zero-order valence-electron chi connectivity index (χ0n) is 36.3. The van der Waals surface area contributed by atoms with Crippen molar-refractivity contribution in [1.29, 1.82) is 0 Å². The van der Waals surface area contributed by atoms with Gasteiger partial charge in [-0.05, 0) is 42.3 Å². The Morgan fingerprint density at radius 3 is 1.69 bits per heavy atom. The minimum atomic E-state index is -0.878. The molecule has 0 fully saturated rings. The van der Waals surface area contributed by atoms with Crippen LogP contribution >= 0.6 is 0 Å². The lowest BCUT2D eigenvalue weighted by molar-refractivity contribution is 0.453. The summed E-state index contributed by atoms with van der Waals surface area (Å²) in [7, 11) is 0.0881. The Morgan fingerprint density at radius 2 is 1.09 bits per heavy atom. The van der Waals surface area contributed by atoms with Gasteiger partial charge in [0.15, 0.2) is 0 Å². The Labute approximate surface area is 229 Å². The Bertz CT molecular complexity index is 2800. The van der Waals surface area contributed by atoms with E-state index in [9.17, 15) is 7.77 Å². The molecule has 0 spiro atoms. The standard InChI is InChI=1S/C30H20BN2O2/c34-31-35-30-18-24-23-14-6-7-15-25(23)32(20-10-2-1-3-11-20)28(24)19-29(30)33-26-16-8-4-12-21(26)22-13-5-9-17-27(22)33/h1-19,34H/i1D,2D,3D,4D,5D,6D,7D,8D,9D,10D,11D,12D,13D,14D,15D,16D,17D,18D,19D. The molecule has 2 aromatic heterocycles. The van der Waals surface area contributed by atoms with E-state index in [-0.39, 0.29) is 7.69 Å². The molecule has 7 aromatic rings. The average Bonchev–Trinajstić information content (AvgIpc) is 3.68. The summed E-state index contributed by atoms with van der Waals surface area (Å²) in [6, 6.07) is -15.4. The highest BCUT2D eigenvalue weighted by Crippen LogP contribution is 2.40. The van der Waals surface area contributed by atoms with Crippen LogP contribution in [0.15, 0.2) is 115 Å². The summed E-state index contributed by atoms with van der Waals surface area (Å²) in [5.41, 5.74) is -3.56. The minimum absolute atomic E-state index is 0.0881. The second-order valence-corrected chi connectivity index (χ2v) is 7.19. The van der Waals surface area contributed by atoms with Gasteiger partial charge >= 0.3 is 7.69 Å². The molecule has 7 rings (SSSR count). The monoisotopic (exact) mass is 470 g/mol. The van der Waals surface area contributed by atoms with Crippen molar-refractivity contribution < 1.29 is 35.7 Å². The third-order valence-corrected chi connectivity index (χ3v) is 5.43. The third kappa shape index (κ3) is 2.92. The van der Waals surface area contributed by atoms with E-state index < -0.39 is 176 Å². The van der Waals surface area contributed by atoms with Gasteiger partial charge in [-0.25, -0.2) is 0 Å². The van der Waals surface area contributed by atoms with Crippen LogP contribution < -0.4 is 4.65 Å². The van der Waals surface area contributed by atoms with Crippen molar-refractivity contribution in [2.45, 2.75) is 0 Å². The molecule has 2 heterocycles. The molecule has 0 saturated carbocycles. The number of nitrogens with zero attached hydrogens (tertiary/aromatic N) is 2. The summed E-state index contributed by atoms with van der Waals surface area (Å²) < 4.78 is 172. The largest absolute Gasteiger partial charge is 0.569 e. The van der Waals surface area contributed by atoms with Crippen molar-refractivity contribution in [3.05, 3.63) is 115 Å². The highest BCUT2D eigenvalue weighted by Gasteiger charge is 2.20. The molecule has 0 aliphatic heterocycles. The van der Waals surface area contributed by atoms with Crippen LogP contribution in [0.1, 0.15) is 26.0 Å². The summed E-state index contributed by atoms with van der Waals surface area (Å²) in [6.45, 7) is 0. The Balaban J connectivity index is 1.91.